The maximum absolute atomic E-state index is 12.6. The molecule has 1 aliphatic carbocycles. The molecule has 1 aromatic rings. The molecule has 6 heteroatoms. The van der Waals surface area contributed by atoms with Gasteiger partial charge in [-0.25, -0.2) is 0 Å². The molecule has 0 radical (unpaired) electrons. The first-order valence-electron chi connectivity index (χ1n) is 7.13. The monoisotopic (exact) mass is 303 g/mol. The number of fused-ring (bicyclic) bond motifs is 1. The average molecular weight is 303 g/mol. The van der Waals surface area contributed by atoms with Gasteiger partial charge in [-0.2, -0.15) is 0 Å². The molecule has 1 aliphatic heterocycles. The molecular weight excluding hydrogens is 286 g/mol. The van der Waals surface area contributed by atoms with E-state index in [1.165, 1.54) is 4.90 Å². The lowest BCUT2D eigenvalue weighted by Gasteiger charge is -2.25. The van der Waals surface area contributed by atoms with Gasteiger partial charge in [0.1, 0.15) is 13.2 Å². The van der Waals surface area contributed by atoms with Crippen LogP contribution in [-0.4, -0.2) is 48.2 Å². The first kappa shape index (κ1) is 14.4. The van der Waals surface area contributed by atoms with Crippen LogP contribution in [0.5, 0.6) is 11.5 Å². The van der Waals surface area contributed by atoms with Crippen LogP contribution in [0, 0.1) is 0 Å². The van der Waals surface area contributed by atoms with Crippen LogP contribution >= 0.6 is 0 Å². The molecule has 0 saturated heterocycles. The Labute approximate surface area is 127 Å². The fraction of sp³-hybridized carbons (Fsp3) is 0.375. The molecule has 1 heterocycles. The van der Waals surface area contributed by atoms with Crippen molar-refractivity contribution in [2.45, 2.75) is 18.9 Å². The van der Waals surface area contributed by atoms with Crippen LogP contribution in [-0.2, 0) is 9.59 Å². The number of hydrogen-bond acceptors (Lipinski definition) is 4. The summed E-state index contributed by atoms with van der Waals surface area (Å²) in [6, 6.07) is 5.49. The SMILES string of the molecule is COc1cccc2c1OCC(C(=O)N(CC(=O)O)C1CC1)=C2. The molecule has 116 valence electrons. The summed E-state index contributed by atoms with van der Waals surface area (Å²) in [5.74, 6) is -0.0411. The highest BCUT2D eigenvalue weighted by atomic mass is 16.5. The summed E-state index contributed by atoms with van der Waals surface area (Å²) < 4.78 is 10.9. The topological polar surface area (TPSA) is 76.1 Å². The van der Waals surface area contributed by atoms with Gasteiger partial charge in [0.25, 0.3) is 5.91 Å². The number of carbonyl (C=O) groups is 2. The summed E-state index contributed by atoms with van der Waals surface area (Å²) in [5, 5.41) is 8.97. The number of para-hydroxylation sites is 1. The number of carboxylic acid groups (broad SMARTS) is 1. The van der Waals surface area contributed by atoms with Gasteiger partial charge in [0, 0.05) is 11.6 Å². The van der Waals surface area contributed by atoms with Crippen LogP contribution in [0.1, 0.15) is 18.4 Å². The molecule has 0 unspecified atom stereocenters. The molecule has 6 nitrogen and oxygen atoms in total. The number of methoxy groups -OCH3 is 1. The van der Waals surface area contributed by atoms with Crippen molar-refractivity contribution in [2.75, 3.05) is 20.3 Å². The van der Waals surface area contributed by atoms with E-state index in [1.54, 1.807) is 19.3 Å². The maximum atomic E-state index is 12.6. The minimum absolute atomic E-state index is 0.0382. The van der Waals surface area contributed by atoms with Gasteiger partial charge < -0.3 is 19.5 Å². The van der Waals surface area contributed by atoms with Gasteiger partial charge in [0.05, 0.1) is 12.7 Å². The Hall–Kier alpha value is -2.50. The molecule has 1 aromatic carbocycles. The van der Waals surface area contributed by atoms with Crippen molar-refractivity contribution < 1.29 is 24.2 Å². The quantitative estimate of drug-likeness (QED) is 0.893. The Morgan fingerprint density at radius 1 is 1.41 bits per heavy atom. The van der Waals surface area contributed by atoms with E-state index in [-0.39, 0.29) is 25.1 Å². The van der Waals surface area contributed by atoms with Crippen LogP contribution < -0.4 is 9.47 Å². The molecule has 1 saturated carbocycles. The second-order valence-electron chi connectivity index (χ2n) is 5.39. The first-order valence-corrected chi connectivity index (χ1v) is 7.13. The summed E-state index contributed by atoms with van der Waals surface area (Å²) in [6.45, 7) is -0.152. The van der Waals surface area contributed by atoms with Gasteiger partial charge in [-0.3, -0.25) is 9.59 Å². The summed E-state index contributed by atoms with van der Waals surface area (Å²) in [4.78, 5) is 24.9. The normalized spacial score (nSPS) is 16.1. The highest BCUT2D eigenvalue weighted by molar-refractivity contribution is 6.00. The number of nitrogens with zero attached hydrogens (tertiary/aromatic N) is 1. The van der Waals surface area contributed by atoms with Gasteiger partial charge in [-0.05, 0) is 25.0 Å². The molecule has 0 atom stereocenters. The number of ether oxygens (including phenoxy) is 2. The minimum atomic E-state index is -1.00. The van der Waals surface area contributed by atoms with Crippen molar-refractivity contribution in [3.63, 3.8) is 0 Å². The van der Waals surface area contributed by atoms with Gasteiger partial charge in [-0.15, -0.1) is 0 Å². The minimum Gasteiger partial charge on any atom is -0.493 e. The Bertz CT molecular complexity index is 648. The number of carbonyl (C=O) groups excluding carboxylic acids is 1. The van der Waals surface area contributed by atoms with Crippen LogP contribution in [0.4, 0.5) is 0 Å². The zero-order chi connectivity index (χ0) is 15.7. The zero-order valence-corrected chi connectivity index (χ0v) is 12.2. The molecule has 1 amide bonds. The number of amides is 1. The fourth-order valence-corrected chi connectivity index (χ4v) is 2.55. The Balaban J connectivity index is 1.86. The number of rotatable bonds is 5. The van der Waals surface area contributed by atoms with E-state index in [1.807, 2.05) is 12.1 Å². The average Bonchev–Trinajstić information content (AvgIpc) is 3.35. The molecule has 2 aliphatic rings. The van der Waals surface area contributed by atoms with E-state index >= 15 is 0 Å². The molecule has 1 N–H and O–H groups in total. The standard InChI is InChI=1S/C16H17NO5/c1-21-13-4-2-3-10-7-11(9-22-15(10)13)16(20)17(8-14(18)19)12-5-6-12/h2-4,7,12H,5-6,8-9H2,1H3,(H,18,19). The van der Waals surface area contributed by atoms with Crippen LogP contribution in [0.25, 0.3) is 6.08 Å². The predicted molar refractivity (Wildman–Crippen MR) is 78.8 cm³/mol. The molecule has 0 aromatic heterocycles. The molecule has 3 rings (SSSR count). The van der Waals surface area contributed by atoms with E-state index < -0.39 is 5.97 Å². The van der Waals surface area contributed by atoms with E-state index in [0.717, 1.165) is 18.4 Å². The van der Waals surface area contributed by atoms with Crippen molar-refractivity contribution in [1.82, 2.24) is 4.90 Å². The van der Waals surface area contributed by atoms with Crippen molar-refractivity contribution >= 4 is 18.0 Å². The Kier molecular flexibility index (Phi) is 3.75. The second-order valence-corrected chi connectivity index (χ2v) is 5.39. The molecule has 0 spiro atoms. The third kappa shape index (κ3) is 2.77. The van der Waals surface area contributed by atoms with Gasteiger partial charge in [-0.1, -0.05) is 12.1 Å². The highest BCUT2D eigenvalue weighted by Gasteiger charge is 2.36. The predicted octanol–water partition coefficient (Wildman–Crippen LogP) is 1.55. The Morgan fingerprint density at radius 2 is 2.18 bits per heavy atom. The van der Waals surface area contributed by atoms with Gasteiger partial charge in [0.2, 0.25) is 0 Å². The molecule has 0 bridgehead atoms. The number of hydrogen-bond donors (Lipinski definition) is 1. The largest absolute Gasteiger partial charge is 0.493 e. The van der Waals surface area contributed by atoms with Crippen LogP contribution in [0.3, 0.4) is 0 Å². The van der Waals surface area contributed by atoms with Gasteiger partial charge in [0.15, 0.2) is 11.5 Å². The van der Waals surface area contributed by atoms with E-state index in [2.05, 4.69) is 0 Å². The lowest BCUT2D eigenvalue weighted by atomic mass is 10.1. The molecule has 1 fully saturated rings. The lowest BCUT2D eigenvalue weighted by Crippen LogP contribution is -2.39. The number of benzene rings is 1. The maximum Gasteiger partial charge on any atom is 0.323 e. The summed E-state index contributed by atoms with van der Waals surface area (Å²) in [7, 11) is 1.56. The van der Waals surface area contributed by atoms with Crippen molar-refractivity contribution in [2.24, 2.45) is 0 Å². The van der Waals surface area contributed by atoms with E-state index in [9.17, 15) is 9.59 Å². The van der Waals surface area contributed by atoms with E-state index in [4.69, 9.17) is 14.6 Å². The molecular formula is C16H17NO5. The summed E-state index contributed by atoms with van der Waals surface area (Å²) in [5.41, 5.74) is 1.23. The van der Waals surface area contributed by atoms with Crippen LogP contribution in [0.2, 0.25) is 0 Å². The Morgan fingerprint density at radius 3 is 2.82 bits per heavy atom. The third-order valence-electron chi connectivity index (χ3n) is 3.76. The van der Waals surface area contributed by atoms with Crippen molar-refractivity contribution in [3.05, 3.63) is 29.3 Å². The number of aliphatic carboxylic acids is 1. The van der Waals surface area contributed by atoms with Crippen molar-refractivity contribution in [3.8, 4) is 11.5 Å². The lowest BCUT2D eigenvalue weighted by molar-refractivity contribution is -0.143. The van der Waals surface area contributed by atoms with Crippen molar-refractivity contribution in [1.29, 1.82) is 0 Å². The zero-order valence-electron chi connectivity index (χ0n) is 12.2. The van der Waals surface area contributed by atoms with E-state index in [0.29, 0.717) is 17.1 Å². The summed E-state index contributed by atoms with van der Waals surface area (Å²) in [6.07, 6.45) is 3.47. The van der Waals surface area contributed by atoms with Crippen LogP contribution in [0.15, 0.2) is 23.8 Å². The number of carboxylic acids is 1. The molecule has 22 heavy (non-hydrogen) atoms. The van der Waals surface area contributed by atoms with Gasteiger partial charge >= 0.3 is 5.97 Å². The third-order valence-corrected chi connectivity index (χ3v) is 3.76. The first-order chi connectivity index (χ1) is 10.6. The fourth-order valence-electron chi connectivity index (χ4n) is 2.55. The summed E-state index contributed by atoms with van der Waals surface area (Å²) >= 11 is 0. The highest BCUT2D eigenvalue weighted by Crippen LogP contribution is 2.36. The smallest absolute Gasteiger partial charge is 0.323 e. The second kappa shape index (κ2) is 5.71.